The van der Waals surface area contributed by atoms with E-state index in [1.165, 1.54) is 0 Å². The van der Waals surface area contributed by atoms with Crippen LogP contribution in [0.1, 0.15) is 39.5 Å². The van der Waals surface area contributed by atoms with E-state index >= 15 is 0 Å². The van der Waals surface area contributed by atoms with Crippen LogP contribution in [-0.2, 0) is 19.4 Å². The molecule has 0 radical (unpaired) electrons. The van der Waals surface area contributed by atoms with Crippen LogP contribution in [-0.4, -0.2) is 18.4 Å². The summed E-state index contributed by atoms with van der Waals surface area (Å²) in [4.78, 5) is 30.5. The van der Waals surface area contributed by atoms with Crippen LogP contribution in [0.25, 0.3) is 0 Å². The molecule has 4 heteroatoms. The minimum Gasteiger partial charge on any atom is -0.299 e. The molecular formula is C9H16O4. The normalized spacial score (nSPS) is 9.69. The SMILES string of the molecule is CCCCOOC(=O)CC(=O)CC. The van der Waals surface area contributed by atoms with Gasteiger partial charge in [0.2, 0.25) is 0 Å². The molecule has 4 nitrogen and oxygen atoms in total. The summed E-state index contributed by atoms with van der Waals surface area (Å²) in [5.41, 5.74) is 0. The van der Waals surface area contributed by atoms with Crippen molar-refractivity contribution in [3.8, 4) is 0 Å². The monoisotopic (exact) mass is 188 g/mol. The predicted molar refractivity (Wildman–Crippen MR) is 46.9 cm³/mol. The van der Waals surface area contributed by atoms with Gasteiger partial charge in [0.15, 0.2) is 0 Å². The van der Waals surface area contributed by atoms with Crippen LogP contribution in [0.3, 0.4) is 0 Å². The minimum absolute atomic E-state index is 0.135. The second-order valence-electron chi connectivity index (χ2n) is 2.70. The van der Waals surface area contributed by atoms with Crippen molar-refractivity contribution in [1.82, 2.24) is 0 Å². The first-order valence-corrected chi connectivity index (χ1v) is 4.54. The van der Waals surface area contributed by atoms with Crippen LogP contribution < -0.4 is 0 Å². The Hall–Kier alpha value is -0.900. The zero-order valence-electron chi connectivity index (χ0n) is 8.17. The third kappa shape index (κ3) is 7.46. The number of rotatable bonds is 7. The Morgan fingerprint density at radius 1 is 1.23 bits per heavy atom. The van der Waals surface area contributed by atoms with Gasteiger partial charge in [0.05, 0.1) is 6.61 Å². The number of ketones is 1. The van der Waals surface area contributed by atoms with Crippen LogP contribution in [0.4, 0.5) is 0 Å². The van der Waals surface area contributed by atoms with Crippen LogP contribution >= 0.6 is 0 Å². The average molecular weight is 188 g/mol. The summed E-state index contributed by atoms with van der Waals surface area (Å²) in [6.45, 7) is 4.10. The second kappa shape index (κ2) is 7.73. The lowest BCUT2D eigenvalue weighted by atomic mass is 10.2. The van der Waals surface area contributed by atoms with Crippen LogP contribution in [0, 0.1) is 0 Å². The lowest BCUT2D eigenvalue weighted by Gasteiger charge is -2.01. The topological polar surface area (TPSA) is 52.6 Å². The molecule has 0 unspecified atom stereocenters. The third-order valence-electron chi connectivity index (χ3n) is 1.47. The first kappa shape index (κ1) is 12.1. The van der Waals surface area contributed by atoms with E-state index in [4.69, 9.17) is 0 Å². The second-order valence-corrected chi connectivity index (χ2v) is 2.70. The lowest BCUT2D eigenvalue weighted by molar-refractivity contribution is -0.272. The summed E-state index contributed by atoms with van der Waals surface area (Å²) in [5, 5.41) is 0. The van der Waals surface area contributed by atoms with Crippen molar-refractivity contribution in [3.05, 3.63) is 0 Å². The fraction of sp³-hybridized carbons (Fsp3) is 0.778. The highest BCUT2D eigenvalue weighted by molar-refractivity contribution is 5.95. The maximum absolute atomic E-state index is 10.8. The summed E-state index contributed by atoms with van der Waals surface area (Å²) < 4.78 is 0. The first-order valence-electron chi connectivity index (χ1n) is 4.54. The molecule has 0 amide bonds. The van der Waals surface area contributed by atoms with E-state index in [-0.39, 0.29) is 12.2 Å². The molecular weight excluding hydrogens is 172 g/mol. The van der Waals surface area contributed by atoms with E-state index in [0.29, 0.717) is 13.0 Å². The molecule has 0 rings (SSSR count). The molecule has 0 saturated heterocycles. The van der Waals surface area contributed by atoms with Crippen molar-refractivity contribution >= 4 is 11.8 Å². The van der Waals surface area contributed by atoms with Crippen LogP contribution in [0.5, 0.6) is 0 Å². The highest BCUT2D eigenvalue weighted by Crippen LogP contribution is 1.94. The third-order valence-corrected chi connectivity index (χ3v) is 1.47. The Bertz CT molecular complexity index is 165. The van der Waals surface area contributed by atoms with Gasteiger partial charge in [-0.15, -0.1) is 0 Å². The van der Waals surface area contributed by atoms with Gasteiger partial charge in [0.1, 0.15) is 12.2 Å². The van der Waals surface area contributed by atoms with Gasteiger partial charge < -0.3 is 0 Å². The van der Waals surface area contributed by atoms with Gasteiger partial charge in [0.25, 0.3) is 0 Å². The van der Waals surface area contributed by atoms with Crippen molar-refractivity contribution in [2.45, 2.75) is 39.5 Å². The van der Waals surface area contributed by atoms with Gasteiger partial charge >= 0.3 is 5.97 Å². The fourth-order valence-corrected chi connectivity index (χ4v) is 0.626. The van der Waals surface area contributed by atoms with E-state index in [1.54, 1.807) is 6.92 Å². The lowest BCUT2D eigenvalue weighted by Crippen LogP contribution is -2.11. The van der Waals surface area contributed by atoms with Gasteiger partial charge in [-0.1, -0.05) is 20.3 Å². The standard InChI is InChI=1S/C9H16O4/c1-3-5-6-12-13-9(11)7-8(10)4-2/h3-7H2,1-2H3. The molecule has 0 saturated carbocycles. The molecule has 0 aromatic heterocycles. The highest BCUT2D eigenvalue weighted by Gasteiger charge is 2.09. The van der Waals surface area contributed by atoms with E-state index in [2.05, 4.69) is 9.78 Å². The van der Waals surface area contributed by atoms with E-state index in [0.717, 1.165) is 12.8 Å². The van der Waals surface area contributed by atoms with Gasteiger partial charge in [-0.3, -0.25) is 9.68 Å². The van der Waals surface area contributed by atoms with Crippen molar-refractivity contribution in [2.24, 2.45) is 0 Å². The summed E-state index contributed by atoms with van der Waals surface area (Å²) in [6, 6.07) is 0. The molecule has 0 bridgehead atoms. The van der Waals surface area contributed by atoms with Gasteiger partial charge in [0, 0.05) is 6.42 Å². The fourth-order valence-electron chi connectivity index (χ4n) is 0.626. The highest BCUT2D eigenvalue weighted by atomic mass is 17.2. The number of carbonyl (C=O) groups excluding carboxylic acids is 2. The van der Waals surface area contributed by atoms with Crippen LogP contribution in [0.2, 0.25) is 0 Å². The van der Waals surface area contributed by atoms with Gasteiger partial charge in [-0.25, -0.2) is 4.79 Å². The van der Waals surface area contributed by atoms with Crippen molar-refractivity contribution in [3.63, 3.8) is 0 Å². The van der Waals surface area contributed by atoms with Gasteiger partial charge in [-0.2, -0.15) is 4.89 Å². The molecule has 0 aromatic carbocycles. The number of Topliss-reactive ketones (excluding diaryl/α,β-unsaturated/α-hetero) is 1. The molecule has 76 valence electrons. The zero-order valence-corrected chi connectivity index (χ0v) is 8.17. The molecule has 0 spiro atoms. The molecule has 0 aliphatic rings. The molecule has 13 heavy (non-hydrogen) atoms. The Kier molecular flexibility index (Phi) is 7.20. The van der Waals surface area contributed by atoms with Crippen molar-refractivity contribution < 1.29 is 19.4 Å². The quantitative estimate of drug-likeness (QED) is 0.264. The Balaban J connectivity index is 3.35. The predicted octanol–water partition coefficient (Wildman–Crippen LogP) is 1.63. The Morgan fingerprint density at radius 3 is 2.46 bits per heavy atom. The maximum Gasteiger partial charge on any atom is 0.349 e. The molecule has 0 aromatic rings. The molecule has 0 aliphatic carbocycles. The number of hydrogen-bond donors (Lipinski definition) is 0. The zero-order chi connectivity index (χ0) is 10.1. The number of hydrogen-bond acceptors (Lipinski definition) is 4. The summed E-state index contributed by atoms with van der Waals surface area (Å²) in [5.74, 6) is -0.743. The number of unbranched alkanes of at least 4 members (excludes halogenated alkanes) is 1. The molecule has 0 fully saturated rings. The van der Waals surface area contributed by atoms with Crippen molar-refractivity contribution in [1.29, 1.82) is 0 Å². The maximum atomic E-state index is 10.8. The van der Waals surface area contributed by atoms with Gasteiger partial charge in [-0.05, 0) is 6.42 Å². The average Bonchev–Trinajstić information content (AvgIpc) is 2.12. The Morgan fingerprint density at radius 2 is 1.92 bits per heavy atom. The molecule has 0 atom stereocenters. The largest absolute Gasteiger partial charge is 0.349 e. The van der Waals surface area contributed by atoms with E-state index in [1.807, 2.05) is 6.92 Å². The van der Waals surface area contributed by atoms with Crippen LogP contribution in [0.15, 0.2) is 0 Å². The first-order chi connectivity index (χ1) is 6.20. The number of carbonyl (C=O) groups is 2. The van der Waals surface area contributed by atoms with E-state index < -0.39 is 5.97 Å². The summed E-state index contributed by atoms with van der Waals surface area (Å²) in [7, 11) is 0. The Labute approximate surface area is 78.1 Å². The van der Waals surface area contributed by atoms with Crippen molar-refractivity contribution in [2.75, 3.05) is 6.61 Å². The summed E-state index contributed by atoms with van der Waals surface area (Å²) >= 11 is 0. The summed E-state index contributed by atoms with van der Waals surface area (Å²) in [6.07, 6.45) is 1.98. The molecule has 0 heterocycles. The molecule has 0 N–H and O–H groups in total. The van der Waals surface area contributed by atoms with E-state index in [9.17, 15) is 9.59 Å². The smallest absolute Gasteiger partial charge is 0.299 e. The minimum atomic E-state index is -0.608. The molecule has 0 aliphatic heterocycles.